The molecular formula is C16H16BrN3O2S. The third-order valence-electron chi connectivity index (χ3n) is 2.88. The lowest BCUT2D eigenvalue weighted by molar-refractivity contribution is 0.284. The predicted molar refractivity (Wildman–Crippen MR) is 99.0 cm³/mol. The fourth-order valence-corrected chi connectivity index (χ4v) is 2.12. The van der Waals surface area contributed by atoms with Gasteiger partial charge in [0.2, 0.25) is 0 Å². The highest BCUT2D eigenvalue weighted by molar-refractivity contribution is 9.10. The first-order valence-electron chi connectivity index (χ1n) is 6.72. The number of nitrogens with one attached hydrogen (secondary N) is 1. The summed E-state index contributed by atoms with van der Waals surface area (Å²) in [5.74, 6) is 1.29. The first-order chi connectivity index (χ1) is 11.1. The fraction of sp³-hybridized carbons (Fsp3) is 0.125. The van der Waals surface area contributed by atoms with Gasteiger partial charge in [-0.15, -0.1) is 0 Å². The maximum atomic E-state index is 5.85. The quantitative estimate of drug-likeness (QED) is 0.448. The summed E-state index contributed by atoms with van der Waals surface area (Å²) in [5.41, 5.74) is 9.71. The molecule has 120 valence electrons. The lowest BCUT2D eigenvalue weighted by atomic mass is 10.2. The van der Waals surface area contributed by atoms with Gasteiger partial charge in [-0.3, -0.25) is 5.43 Å². The Morgan fingerprint density at radius 1 is 1.26 bits per heavy atom. The summed E-state index contributed by atoms with van der Waals surface area (Å²) >= 11 is 8.09. The lowest BCUT2D eigenvalue weighted by Crippen LogP contribution is -2.23. The van der Waals surface area contributed by atoms with Crippen molar-refractivity contribution in [1.29, 1.82) is 0 Å². The molecule has 0 amide bonds. The van der Waals surface area contributed by atoms with Crippen LogP contribution in [0.25, 0.3) is 0 Å². The van der Waals surface area contributed by atoms with Gasteiger partial charge in [0.1, 0.15) is 6.61 Å². The largest absolute Gasteiger partial charge is 0.493 e. The molecule has 0 aromatic heterocycles. The Kier molecular flexibility index (Phi) is 6.37. The highest BCUT2D eigenvalue weighted by Gasteiger charge is 2.06. The molecule has 0 aliphatic carbocycles. The van der Waals surface area contributed by atoms with E-state index in [1.807, 2.05) is 42.5 Å². The van der Waals surface area contributed by atoms with Gasteiger partial charge in [-0.1, -0.05) is 28.1 Å². The standard InChI is InChI=1S/C16H16BrN3O2S/c1-21-14-7-4-12(9-19-20-16(18)23)8-15(14)22-10-11-2-5-13(17)6-3-11/h2-9H,10H2,1H3,(H3,18,20,23)/b19-9-. The predicted octanol–water partition coefficient (Wildman–Crippen LogP) is 3.20. The van der Waals surface area contributed by atoms with Crippen molar-refractivity contribution in [1.82, 2.24) is 5.43 Å². The molecule has 2 aromatic carbocycles. The highest BCUT2D eigenvalue weighted by atomic mass is 79.9. The molecule has 0 aliphatic rings. The molecule has 7 heteroatoms. The smallest absolute Gasteiger partial charge is 0.184 e. The van der Waals surface area contributed by atoms with E-state index in [9.17, 15) is 0 Å². The van der Waals surface area contributed by atoms with Crippen LogP contribution in [-0.2, 0) is 6.61 Å². The van der Waals surface area contributed by atoms with Crippen LogP contribution in [0.1, 0.15) is 11.1 Å². The Bertz CT molecular complexity index is 705. The first kappa shape index (κ1) is 17.2. The van der Waals surface area contributed by atoms with Gasteiger partial charge in [0.25, 0.3) is 0 Å². The van der Waals surface area contributed by atoms with Gasteiger partial charge in [0.15, 0.2) is 16.6 Å². The van der Waals surface area contributed by atoms with Crippen molar-refractivity contribution in [3.63, 3.8) is 0 Å². The maximum Gasteiger partial charge on any atom is 0.184 e. The van der Waals surface area contributed by atoms with E-state index < -0.39 is 0 Å². The number of hydrogen-bond acceptors (Lipinski definition) is 4. The van der Waals surface area contributed by atoms with E-state index in [4.69, 9.17) is 15.2 Å². The van der Waals surface area contributed by atoms with Crippen molar-refractivity contribution in [2.24, 2.45) is 10.8 Å². The van der Waals surface area contributed by atoms with E-state index in [-0.39, 0.29) is 5.11 Å². The maximum absolute atomic E-state index is 5.85. The average molecular weight is 394 g/mol. The normalized spacial score (nSPS) is 10.5. The lowest BCUT2D eigenvalue weighted by Gasteiger charge is -2.11. The third kappa shape index (κ3) is 5.54. The van der Waals surface area contributed by atoms with Crippen LogP contribution in [0, 0.1) is 0 Å². The van der Waals surface area contributed by atoms with Crippen molar-refractivity contribution in [3.8, 4) is 11.5 Å². The Morgan fingerprint density at radius 3 is 2.65 bits per heavy atom. The Hall–Kier alpha value is -2.12. The summed E-state index contributed by atoms with van der Waals surface area (Å²) < 4.78 is 12.2. The molecule has 0 unspecified atom stereocenters. The Morgan fingerprint density at radius 2 is 2.00 bits per heavy atom. The second kappa shape index (κ2) is 8.50. The third-order valence-corrected chi connectivity index (χ3v) is 3.50. The number of rotatable bonds is 6. The minimum Gasteiger partial charge on any atom is -0.493 e. The molecule has 0 bridgehead atoms. The molecule has 0 aliphatic heterocycles. The number of benzene rings is 2. The minimum absolute atomic E-state index is 0.112. The van der Waals surface area contributed by atoms with Crippen molar-refractivity contribution in [3.05, 3.63) is 58.1 Å². The number of methoxy groups -OCH3 is 1. The fourth-order valence-electron chi connectivity index (χ4n) is 1.80. The summed E-state index contributed by atoms with van der Waals surface area (Å²) in [4.78, 5) is 0. The molecule has 0 saturated heterocycles. The van der Waals surface area contributed by atoms with Gasteiger partial charge in [-0.05, 0) is 53.7 Å². The van der Waals surface area contributed by atoms with Crippen LogP contribution in [0.15, 0.2) is 52.0 Å². The van der Waals surface area contributed by atoms with Crippen LogP contribution in [0.5, 0.6) is 11.5 Å². The number of nitrogens with two attached hydrogens (primary N) is 1. The summed E-state index contributed by atoms with van der Waals surface area (Å²) in [6.07, 6.45) is 1.60. The van der Waals surface area contributed by atoms with Crippen molar-refractivity contribution in [2.45, 2.75) is 6.61 Å². The van der Waals surface area contributed by atoms with E-state index in [1.54, 1.807) is 13.3 Å². The van der Waals surface area contributed by atoms with Crippen LogP contribution in [0.3, 0.4) is 0 Å². The van der Waals surface area contributed by atoms with E-state index in [1.165, 1.54) is 0 Å². The van der Waals surface area contributed by atoms with E-state index in [2.05, 4.69) is 38.7 Å². The zero-order valence-electron chi connectivity index (χ0n) is 12.5. The molecule has 3 N–H and O–H groups in total. The molecule has 2 rings (SSSR count). The van der Waals surface area contributed by atoms with Crippen LogP contribution in [-0.4, -0.2) is 18.4 Å². The first-order valence-corrected chi connectivity index (χ1v) is 7.92. The van der Waals surface area contributed by atoms with Crippen molar-refractivity contribution < 1.29 is 9.47 Å². The molecule has 2 aromatic rings. The van der Waals surface area contributed by atoms with Gasteiger partial charge < -0.3 is 15.2 Å². The molecule has 0 radical (unpaired) electrons. The van der Waals surface area contributed by atoms with E-state index >= 15 is 0 Å². The monoisotopic (exact) mass is 393 g/mol. The van der Waals surface area contributed by atoms with E-state index in [0.717, 1.165) is 15.6 Å². The average Bonchev–Trinajstić information content (AvgIpc) is 2.54. The number of thiocarbonyl (C=S) groups is 1. The molecule has 0 fully saturated rings. The molecule has 23 heavy (non-hydrogen) atoms. The van der Waals surface area contributed by atoms with E-state index in [0.29, 0.717) is 18.1 Å². The van der Waals surface area contributed by atoms with Gasteiger partial charge >= 0.3 is 0 Å². The van der Waals surface area contributed by atoms with Crippen LogP contribution in [0.2, 0.25) is 0 Å². The molecule has 0 spiro atoms. The number of hydrogen-bond donors (Lipinski definition) is 2. The van der Waals surface area contributed by atoms with Gasteiger partial charge in [0, 0.05) is 4.47 Å². The summed E-state index contributed by atoms with van der Waals surface area (Å²) in [6.45, 7) is 0.440. The van der Waals surface area contributed by atoms with Crippen molar-refractivity contribution >= 4 is 39.5 Å². The number of hydrazone groups is 1. The van der Waals surface area contributed by atoms with Crippen molar-refractivity contribution in [2.75, 3.05) is 7.11 Å². The summed E-state index contributed by atoms with van der Waals surface area (Å²) in [6, 6.07) is 13.4. The van der Waals surface area contributed by atoms with Crippen LogP contribution >= 0.6 is 28.1 Å². The number of halogens is 1. The molecule has 5 nitrogen and oxygen atoms in total. The van der Waals surface area contributed by atoms with Gasteiger partial charge in [-0.2, -0.15) is 5.10 Å². The van der Waals surface area contributed by atoms with Crippen LogP contribution < -0.4 is 20.6 Å². The van der Waals surface area contributed by atoms with Gasteiger partial charge in [0.05, 0.1) is 13.3 Å². The highest BCUT2D eigenvalue weighted by Crippen LogP contribution is 2.28. The molecular weight excluding hydrogens is 378 g/mol. The SMILES string of the molecule is COc1ccc(/C=N\NC(N)=S)cc1OCc1ccc(Br)cc1. The molecule has 0 heterocycles. The summed E-state index contributed by atoms with van der Waals surface area (Å²) in [7, 11) is 1.60. The number of nitrogens with zero attached hydrogens (tertiary/aromatic N) is 1. The molecule has 0 atom stereocenters. The second-order valence-electron chi connectivity index (χ2n) is 4.56. The zero-order valence-corrected chi connectivity index (χ0v) is 14.9. The molecule has 0 saturated carbocycles. The summed E-state index contributed by atoms with van der Waals surface area (Å²) in [5, 5.41) is 4.04. The minimum atomic E-state index is 0.112. The Labute approximate surface area is 148 Å². The number of ether oxygens (including phenoxy) is 2. The van der Waals surface area contributed by atoms with Crippen LogP contribution in [0.4, 0.5) is 0 Å². The second-order valence-corrected chi connectivity index (χ2v) is 5.92. The Balaban J connectivity index is 2.10. The van der Waals surface area contributed by atoms with Gasteiger partial charge in [-0.25, -0.2) is 0 Å². The zero-order chi connectivity index (χ0) is 16.7. The topological polar surface area (TPSA) is 68.9 Å².